The van der Waals surface area contributed by atoms with E-state index in [4.69, 9.17) is 14.2 Å². The van der Waals surface area contributed by atoms with E-state index in [-0.39, 0.29) is 56.7 Å². The summed E-state index contributed by atoms with van der Waals surface area (Å²) in [7, 11) is 1.58. The van der Waals surface area contributed by atoms with Gasteiger partial charge in [0.2, 0.25) is 11.8 Å². The highest BCUT2D eigenvalue weighted by Crippen LogP contribution is 2.14. The molecule has 1 unspecified atom stereocenters. The van der Waals surface area contributed by atoms with E-state index >= 15 is 0 Å². The van der Waals surface area contributed by atoms with Gasteiger partial charge in [0.25, 0.3) is 0 Å². The minimum atomic E-state index is -1.20. The van der Waals surface area contributed by atoms with Crippen LogP contribution in [0, 0.1) is 4.91 Å². The van der Waals surface area contributed by atoms with Gasteiger partial charge in [0.05, 0.1) is 26.4 Å². The smallest absolute Gasteiger partial charge is 0.308 e. The summed E-state index contributed by atoms with van der Waals surface area (Å²) in [6, 6.07) is -1.20. The monoisotopic (exact) mass is 703 g/mol. The van der Waals surface area contributed by atoms with Crippen molar-refractivity contribution < 1.29 is 37.9 Å². The summed E-state index contributed by atoms with van der Waals surface area (Å²) in [6.07, 6.45) is 17.3. The molecule has 3 amide bonds. The Morgan fingerprint density at radius 1 is 0.714 bits per heavy atom. The van der Waals surface area contributed by atoms with Crippen molar-refractivity contribution in [3.05, 3.63) is 4.91 Å². The summed E-state index contributed by atoms with van der Waals surface area (Å²) in [5.41, 5.74) is 0. The predicted octanol–water partition coefficient (Wildman–Crippen LogP) is 5.59. The summed E-state index contributed by atoms with van der Waals surface area (Å²) in [5.74, 6) is -1.42. The molecule has 0 aromatic carbocycles. The lowest BCUT2D eigenvalue weighted by molar-refractivity contribution is -0.179. The van der Waals surface area contributed by atoms with Gasteiger partial charge in [0.1, 0.15) is 18.4 Å². The Bertz CT molecular complexity index is 870. The molecular weight excluding hydrogens is 637 g/mol. The largest absolute Gasteiger partial charge is 0.382 e. The lowest BCUT2D eigenvalue weighted by Crippen LogP contribution is -2.45. The molecule has 0 aliphatic rings. The number of nitrogens with one attached hydrogen (secondary N) is 2. The zero-order valence-corrected chi connectivity index (χ0v) is 30.7. The van der Waals surface area contributed by atoms with Crippen molar-refractivity contribution in [3.63, 3.8) is 0 Å². The summed E-state index contributed by atoms with van der Waals surface area (Å²) < 4.78 is 30.5. The summed E-state index contributed by atoms with van der Waals surface area (Å²) in [6.45, 7) is 5.37. The number of carbonyl (C=O) groups is 4. The number of Topliss-reactive ketones (excluding diaryl/α,β-unsaturated/α-hetero) is 1. The minimum absolute atomic E-state index is 0.0959. The average Bonchev–Trinajstić information content (AvgIpc) is 3.08. The normalized spacial score (nSPS) is 12.0. The number of rotatable bonds is 36. The molecular formula is C35H66FN5O8. The maximum absolute atomic E-state index is 15.0. The van der Waals surface area contributed by atoms with Crippen molar-refractivity contribution in [3.8, 4) is 0 Å². The Morgan fingerprint density at radius 3 is 1.82 bits per heavy atom. The quantitative estimate of drug-likeness (QED) is 0.0365. The second-order valence-electron chi connectivity index (χ2n) is 12.5. The number of amides is 3. The summed E-state index contributed by atoms with van der Waals surface area (Å²) in [5, 5.41) is 9.51. The number of hydrogen-bond donors (Lipinski definition) is 2. The fourth-order valence-corrected chi connectivity index (χ4v) is 5.23. The van der Waals surface area contributed by atoms with Gasteiger partial charge >= 0.3 is 5.91 Å². The van der Waals surface area contributed by atoms with E-state index in [9.17, 15) is 28.6 Å². The second-order valence-corrected chi connectivity index (χ2v) is 12.5. The molecule has 14 heteroatoms. The van der Waals surface area contributed by atoms with Crippen molar-refractivity contribution in [2.45, 2.75) is 135 Å². The first-order valence-electron chi connectivity index (χ1n) is 18.5. The topological polar surface area (TPSA) is 156 Å². The van der Waals surface area contributed by atoms with Crippen LogP contribution in [0.3, 0.4) is 0 Å². The Balaban J connectivity index is 4.12. The number of carbonyl (C=O) groups excluding carboxylic acids is 4. The molecule has 0 aliphatic heterocycles. The number of methoxy groups -OCH3 is 1. The molecule has 286 valence electrons. The molecule has 13 nitrogen and oxygen atoms in total. The van der Waals surface area contributed by atoms with Gasteiger partial charge in [-0.25, -0.2) is 5.01 Å². The fraction of sp³-hybridized carbons (Fsp3) is 0.886. The molecule has 0 bridgehead atoms. The first-order valence-corrected chi connectivity index (χ1v) is 18.5. The van der Waals surface area contributed by atoms with E-state index in [1.54, 1.807) is 14.0 Å². The zero-order chi connectivity index (χ0) is 36.4. The molecule has 0 fully saturated rings. The standard InChI is InChI=1S/C35H66FN5O8/c1-4-23-40(25-27-49-30-34(44)37-22-26-48-29-28-47-3)41(36)24-21-32(35(45)39-46)38-33(43)20-18-16-14-12-10-8-6-5-7-9-11-13-15-17-19-31(2)42/h32H,4-30H2,1-3H3,(H,37,44)(H,38,43). The second kappa shape index (κ2) is 34.1. The number of ketones is 1. The first-order chi connectivity index (χ1) is 23.7. The van der Waals surface area contributed by atoms with E-state index in [0.29, 0.717) is 57.4 Å². The van der Waals surface area contributed by atoms with Crippen LogP contribution in [-0.2, 0) is 33.4 Å². The van der Waals surface area contributed by atoms with Crippen LogP contribution in [0.1, 0.15) is 129 Å². The van der Waals surface area contributed by atoms with Crippen LogP contribution >= 0.6 is 0 Å². The van der Waals surface area contributed by atoms with Crippen LogP contribution in [0.5, 0.6) is 0 Å². The predicted molar refractivity (Wildman–Crippen MR) is 188 cm³/mol. The highest BCUT2D eigenvalue weighted by molar-refractivity contribution is 5.88. The molecule has 0 radical (unpaired) electrons. The molecule has 0 rings (SSSR count). The van der Waals surface area contributed by atoms with E-state index in [1.165, 1.54) is 56.4 Å². The Kier molecular flexibility index (Phi) is 32.4. The van der Waals surface area contributed by atoms with Gasteiger partial charge in [-0.3, -0.25) is 14.4 Å². The first kappa shape index (κ1) is 46.6. The Morgan fingerprint density at radius 2 is 1.29 bits per heavy atom. The van der Waals surface area contributed by atoms with Crippen molar-refractivity contribution in [2.24, 2.45) is 5.18 Å². The van der Waals surface area contributed by atoms with E-state index < -0.39 is 11.9 Å². The van der Waals surface area contributed by atoms with Crippen molar-refractivity contribution in [2.75, 3.05) is 66.3 Å². The molecule has 1 atom stereocenters. The van der Waals surface area contributed by atoms with Crippen molar-refractivity contribution in [1.82, 2.24) is 20.9 Å². The molecule has 0 aromatic rings. The maximum atomic E-state index is 15.0. The minimum Gasteiger partial charge on any atom is -0.382 e. The van der Waals surface area contributed by atoms with Gasteiger partial charge in [0.15, 0.2) is 0 Å². The maximum Gasteiger partial charge on any atom is 0.308 e. The number of unbranched alkanes of at least 4 members (excludes halogenated alkanes) is 13. The third kappa shape index (κ3) is 30.2. The van der Waals surface area contributed by atoms with Gasteiger partial charge < -0.3 is 29.6 Å². The zero-order valence-electron chi connectivity index (χ0n) is 30.7. The van der Waals surface area contributed by atoms with E-state index in [2.05, 4.69) is 15.8 Å². The molecule has 0 saturated carbocycles. The fourth-order valence-electron chi connectivity index (χ4n) is 5.23. The SMILES string of the molecule is CCCN(CCOCC(=O)NCCOCCOC)N(F)CCC(NC(=O)CCCCCCCCCCCCCCCCC(C)=O)C(=O)N=O. The molecule has 0 spiro atoms. The van der Waals surface area contributed by atoms with Crippen LogP contribution in [0.15, 0.2) is 5.18 Å². The Hall–Kier alpha value is -2.39. The molecule has 0 saturated heterocycles. The van der Waals surface area contributed by atoms with Crippen LogP contribution in [-0.4, -0.2) is 106 Å². The van der Waals surface area contributed by atoms with Gasteiger partial charge in [-0.1, -0.05) is 89.2 Å². The number of hydrazine groups is 1. The third-order valence-corrected chi connectivity index (χ3v) is 8.02. The molecule has 2 N–H and O–H groups in total. The Labute approximate surface area is 294 Å². The number of nitroso groups, excluding NO2 is 1. The van der Waals surface area contributed by atoms with Gasteiger partial charge in [-0.05, 0) is 32.6 Å². The van der Waals surface area contributed by atoms with Crippen LogP contribution in [0.4, 0.5) is 4.48 Å². The summed E-state index contributed by atoms with van der Waals surface area (Å²) >= 11 is 0. The lowest BCUT2D eigenvalue weighted by Gasteiger charge is -2.28. The highest BCUT2D eigenvalue weighted by Gasteiger charge is 2.24. The van der Waals surface area contributed by atoms with E-state index in [1.807, 2.05) is 6.92 Å². The highest BCUT2D eigenvalue weighted by atomic mass is 19.2. The van der Waals surface area contributed by atoms with Gasteiger partial charge in [-0.2, -0.15) is 0 Å². The number of hydrogen-bond acceptors (Lipinski definition) is 10. The van der Waals surface area contributed by atoms with Crippen LogP contribution in [0.2, 0.25) is 0 Å². The van der Waals surface area contributed by atoms with Gasteiger partial charge in [-0.15, -0.1) is 9.39 Å². The number of nitrogens with zero attached hydrogens (tertiary/aromatic N) is 3. The average molecular weight is 704 g/mol. The summed E-state index contributed by atoms with van der Waals surface area (Å²) in [4.78, 5) is 58.3. The number of halogens is 1. The van der Waals surface area contributed by atoms with Gasteiger partial charge in [0, 0.05) is 51.3 Å². The molecule has 0 aliphatic carbocycles. The van der Waals surface area contributed by atoms with Crippen LogP contribution in [0.25, 0.3) is 0 Å². The third-order valence-electron chi connectivity index (χ3n) is 8.02. The van der Waals surface area contributed by atoms with Crippen molar-refractivity contribution >= 4 is 23.5 Å². The van der Waals surface area contributed by atoms with E-state index in [0.717, 1.165) is 32.1 Å². The van der Waals surface area contributed by atoms with Crippen molar-refractivity contribution in [1.29, 1.82) is 0 Å². The number of ether oxygens (including phenoxy) is 3. The lowest BCUT2D eigenvalue weighted by atomic mass is 10.0. The molecule has 0 aromatic heterocycles. The molecule has 49 heavy (non-hydrogen) atoms. The van der Waals surface area contributed by atoms with Crippen LogP contribution < -0.4 is 10.6 Å². The molecule has 0 heterocycles.